The molecule has 0 aliphatic heterocycles. The molecule has 1 N–H and O–H groups in total. The molecule has 0 heterocycles. The Kier molecular flexibility index (Phi) is 5.59. The fourth-order valence-corrected chi connectivity index (χ4v) is 2.23. The van der Waals surface area contributed by atoms with Crippen LogP contribution in [0.2, 0.25) is 0 Å². The number of carboxylic acids is 1. The van der Waals surface area contributed by atoms with E-state index in [2.05, 4.69) is 38.1 Å². The lowest BCUT2D eigenvalue weighted by Crippen LogP contribution is -2.17. The quantitative estimate of drug-likeness (QED) is 0.777. The van der Waals surface area contributed by atoms with Gasteiger partial charge in [0.05, 0.1) is 6.42 Å². The van der Waals surface area contributed by atoms with Gasteiger partial charge in [-0.25, -0.2) is 0 Å². The van der Waals surface area contributed by atoms with Gasteiger partial charge in [0.15, 0.2) is 0 Å². The second kappa shape index (κ2) is 6.74. The number of carbonyl (C=O) groups is 1. The van der Waals surface area contributed by atoms with E-state index in [1.807, 2.05) is 13.8 Å². The Morgan fingerprint density at radius 1 is 1.26 bits per heavy atom. The molecule has 0 spiro atoms. The molecule has 0 saturated carbocycles. The second-order valence-corrected chi connectivity index (χ2v) is 6.29. The zero-order chi connectivity index (χ0) is 14.5. The van der Waals surface area contributed by atoms with Crippen molar-refractivity contribution in [3.8, 4) is 0 Å². The van der Waals surface area contributed by atoms with Crippen molar-refractivity contribution in [3.05, 3.63) is 35.4 Å². The third-order valence-electron chi connectivity index (χ3n) is 3.88. The lowest BCUT2D eigenvalue weighted by Gasteiger charge is -2.22. The van der Waals surface area contributed by atoms with Gasteiger partial charge in [-0.1, -0.05) is 52.0 Å². The van der Waals surface area contributed by atoms with E-state index in [1.165, 1.54) is 11.1 Å². The summed E-state index contributed by atoms with van der Waals surface area (Å²) in [5.41, 5.74) is 2.54. The zero-order valence-electron chi connectivity index (χ0n) is 12.6. The highest BCUT2D eigenvalue weighted by Gasteiger charge is 2.21. The average Bonchev–Trinajstić information content (AvgIpc) is 2.34. The van der Waals surface area contributed by atoms with Gasteiger partial charge in [0, 0.05) is 0 Å². The highest BCUT2D eigenvalue weighted by molar-refractivity contribution is 5.67. The average molecular weight is 262 g/mol. The molecule has 1 rings (SSSR count). The van der Waals surface area contributed by atoms with Crippen LogP contribution in [-0.4, -0.2) is 11.1 Å². The van der Waals surface area contributed by atoms with Crippen molar-refractivity contribution in [1.29, 1.82) is 0 Å². The van der Waals surface area contributed by atoms with Crippen molar-refractivity contribution in [3.63, 3.8) is 0 Å². The van der Waals surface area contributed by atoms with Gasteiger partial charge < -0.3 is 5.11 Å². The van der Waals surface area contributed by atoms with Crippen LogP contribution in [0.5, 0.6) is 0 Å². The van der Waals surface area contributed by atoms with E-state index in [0.717, 1.165) is 19.3 Å². The summed E-state index contributed by atoms with van der Waals surface area (Å²) in [6, 6.07) is 8.76. The summed E-state index contributed by atoms with van der Waals surface area (Å²) in [5.74, 6) is -0.102. The van der Waals surface area contributed by atoms with Gasteiger partial charge in [-0.15, -0.1) is 0 Å². The summed E-state index contributed by atoms with van der Waals surface area (Å²) in [6.45, 7) is 8.49. The molecule has 0 fully saturated rings. The molecule has 0 radical (unpaired) electrons. The normalized spacial score (nSPS) is 13.3. The molecule has 19 heavy (non-hydrogen) atoms. The molecule has 1 unspecified atom stereocenters. The number of aliphatic carboxylic acids is 1. The van der Waals surface area contributed by atoms with Crippen LogP contribution in [0, 0.1) is 5.41 Å². The van der Waals surface area contributed by atoms with Gasteiger partial charge in [0.25, 0.3) is 0 Å². The smallest absolute Gasteiger partial charge is 0.303 e. The molecule has 1 aromatic rings. The molecule has 2 nitrogen and oxygen atoms in total. The van der Waals surface area contributed by atoms with Crippen LogP contribution in [0.15, 0.2) is 24.3 Å². The first kappa shape index (κ1) is 15.7. The van der Waals surface area contributed by atoms with Crippen LogP contribution >= 0.6 is 0 Å². The summed E-state index contributed by atoms with van der Waals surface area (Å²) in [7, 11) is 0. The summed E-state index contributed by atoms with van der Waals surface area (Å²) < 4.78 is 0. The lowest BCUT2D eigenvalue weighted by atomic mass is 9.83. The number of carboxylic acid groups (broad SMARTS) is 1. The third kappa shape index (κ3) is 5.46. The monoisotopic (exact) mass is 262 g/mol. The van der Waals surface area contributed by atoms with Crippen LogP contribution in [-0.2, 0) is 11.2 Å². The van der Waals surface area contributed by atoms with Crippen molar-refractivity contribution in [2.24, 2.45) is 5.41 Å². The first-order valence-electron chi connectivity index (χ1n) is 7.14. The number of hydrogen-bond acceptors (Lipinski definition) is 1. The van der Waals surface area contributed by atoms with E-state index in [-0.39, 0.29) is 11.8 Å². The van der Waals surface area contributed by atoms with E-state index in [0.29, 0.717) is 5.92 Å². The Morgan fingerprint density at radius 3 is 2.32 bits per heavy atom. The number of hydrogen-bond donors (Lipinski definition) is 1. The Labute approximate surface area is 116 Å². The van der Waals surface area contributed by atoms with Gasteiger partial charge in [0.1, 0.15) is 0 Å². The van der Waals surface area contributed by atoms with Crippen LogP contribution in [0.3, 0.4) is 0 Å². The van der Waals surface area contributed by atoms with Crippen molar-refractivity contribution in [1.82, 2.24) is 0 Å². The highest BCUT2D eigenvalue weighted by Crippen LogP contribution is 2.27. The molecule has 0 aliphatic carbocycles. The van der Waals surface area contributed by atoms with Gasteiger partial charge >= 0.3 is 5.97 Å². The molecule has 0 amide bonds. The molecule has 0 aliphatic rings. The molecular formula is C17H26O2. The summed E-state index contributed by atoms with van der Waals surface area (Å²) >= 11 is 0. The maximum atomic E-state index is 10.8. The van der Waals surface area contributed by atoms with E-state index >= 15 is 0 Å². The fourth-order valence-electron chi connectivity index (χ4n) is 2.23. The summed E-state index contributed by atoms with van der Waals surface area (Å²) in [4.78, 5) is 10.8. The molecule has 0 saturated heterocycles. The van der Waals surface area contributed by atoms with Crippen LogP contribution < -0.4 is 0 Å². The SMILES string of the molecule is CCC(C)c1ccc(CCC(C)(C)CC(=O)O)cc1. The van der Waals surface area contributed by atoms with Gasteiger partial charge in [-0.2, -0.15) is 0 Å². The third-order valence-corrected chi connectivity index (χ3v) is 3.88. The fraction of sp³-hybridized carbons (Fsp3) is 0.588. The summed E-state index contributed by atoms with van der Waals surface area (Å²) in [5, 5.41) is 8.87. The topological polar surface area (TPSA) is 37.3 Å². The largest absolute Gasteiger partial charge is 0.481 e. The molecule has 0 aromatic heterocycles. The zero-order valence-corrected chi connectivity index (χ0v) is 12.6. The minimum Gasteiger partial charge on any atom is -0.481 e. The second-order valence-electron chi connectivity index (χ2n) is 6.29. The molecule has 1 aromatic carbocycles. The first-order valence-corrected chi connectivity index (χ1v) is 7.14. The Balaban J connectivity index is 2.56. The Bertz CT molecular complexity index is 404. The maximum absolute atomic E-state index is 10.8. The molecular weight excluding hydrogens is 236 g/mol. The van der Waals surface area contributed by atoms with Gasteiger partial charge in [-0.3, -0.25) is 4.79 Å². The van der Waals surface area contributed by atoms with Gasteiger partial charge in [-0.05, 0) is 41.7 Å². The van der Waals surface area contributed by atoms with E-state index < -0.39 is 5.97 Å². The number of aryl methyl sites for hydroxylation is 1. The van der Waals surface area contributed by atoms with Crippen molar-refractivity contribution >= 4 is 5.97 Å². The van der Waals surface area contributed by atoms with Crippen molar-refractivity contribution < 1.29 is 9.90 Å². The number of rotatable bonds is 7. The standard InChI is InChI=1S/C17H26O2/c1-5-13(2)15-8-6-14(7-9-15)10-11-17(3,4)12-16(18)19/h6-9,13H,5,10-12H2,1-4H3,(H,18,19). The van der Waals surface area contributed by atoms with E-state index in [4.69, 9.17) is 5.11 Å². The van der Waals surface area contributed by atoms with Crippen molar-refractivity contribution in [2.75, 3.05) is 0 Å². The van der Waals surface area contributed by atoms with Crippen LogP contribution in [0.4, 0.5) is 0 Å². The van der Waals surface area contributed by atoms with Gasteiger partial charge in [0.2, 0.25) is 0 Å². The number of benzene rings is 1. The Morgan fingerprint density at radius 2 is 1.84 bits per heavy atom. The summed E-state index contributed by atoms with van der Waals surface area (Å²) in [6.07, 6.45) is 3.24. The molecule has 106 valence electrons. The molecule has 2 heteroatoms. The Hall–Kier alpha value is -1.31. The van der Waals surface area contributed by atoms with Crippen LogP contribution in [0.25, 0.3) is 0 Å². The minimum absolute atomic E-state index is 0.138. The minimum atomic E-state index is -0.711. The predicted octanol–water partition coefficient (Wildman–Crippen LogP) is 4.63. The van der Waals surface area contributed by atoms with E-state index in [9.17, 15) is 4.79 Å². The lowest BCUT2D eigenvalue weighted by molar-refractivity contribution is -0.139. The molecule has 1 atom stereocenters. The maximum Gasteiger partial charge on any atom is 0.303 e. The highest BCUT2D eigenvalue weighted by atomic mass is 16.4. The van der Waals surface area contributed by atoms with E-state index in [1.54, 1.807) is 0 Å². The van der Waals surface area contributed by atoms with Crippen LogP contribution in [0.1, 0.15) is 64.0 Å². The van der Waals surface area contributed by atoms with Crippen molar-refractivity contribution in [2.45, 2.75) is 59.3 Å². The molecule has 0 bridgehead atoms. The first-order chi connectivity index (χ1) is 8.84. The predicted molar refractivity (Wildman–Crippen MR) is 79.5 cm³/mol.